The quantitative estimate of drug-likeness (QED) is 0.760. The van der Waals surface area contributed by atoms with Gasteiger partial charge in [-0.2, -0.15) is 4.99 Å². The Morgan fingerprint density at radius 1 is 1.42 bits per heavy atom. The molecule has 19 heavy (non-hydrogen) atoms. The normalized spacial score (nSPS) is 31.1. The maximum Gasteiger partial charge on any atom is 0.225 e. The monoisotopic (exact) mass is 261 g/mol. The molecule has 1 atom stereocenters. The zero-order valence-electron chi connectivity index (χ0n) is 12.3. The van der Waals surface area contributed by atoms with Gasteiger partial charge < -0.3 is 5.32 Å². The summed E-state index contributed by atoms with van der Waals surface area (Å²) >= 11 is 0. The highest BCUT2D eigenvalue weighted by Gasteiger charge is 2.40. The highest BCUT2D eigenvalue weighted by Crippen LogP contribution is 2.30. The van der Waals surface area contributed by atoms with Crippen LogP contribution in [0.3, 0.4) is 0 Å². The predicted octanol–water partition coefficient (Wildman–Crippen LogP) is 1.33. The first-order chi connectivity index (χ1) is 9.08. The Morgan fingerprint density at radius 3 is 2.89 bits per heavy atom. The van der Waals surface area contributed by atoms with Crippen LogP contribution in [0.15, 0.2) is 28.5 Å². The summed E-state index contributed by atoms with van der Waals surface area (Å²) in [6.07, 6.45) is 8.25. The molecule has 1 fully saturated rings. The van der Waals surface area contributed by atoms with Gasteiger partial charge in [-0.15, -0.1) is 0 Å². The number of aliphatic imine (C=N–C) groups is 1. The van der Waals surface area contributed by atoms with E-state index in [1.165, 1.54) is 36.5 Å². The van der Waals surface area contributed by atoms with E-state index in [9.17, 15) is 0 Å². The molecule has 3 heterocycles. The Hall–Kier alpha value is -0.970. The fourth-order valence-corrected chi connectivity index (χ4v) is 3.36. The van der Waals surface area contributed by atoms with Crippen molar-refractivity contribution in [1.82, 2.24) is 10.2 Å². The van der Waals surface area contributed by atoms with Crippen molar-refractivity contribution in [1.29, 1.82) is 0 Å². The van der Waals surface area contributed by atoms with Crippen molar-refractivity contribution in [2.45, 2.75) is 25.3 Å². The number of likely N-dealkylation sites (N-methyl/N-ethyl adjacent to an activating group) is 2. The molecule has 0 aromatic carbocycles. The molecular weight excluding hydrogens is 236 g/mol. The van der Waals surface area contributed by atoms with Gasteiger partial charge in [-0.1, -0.05) is 6.08 Å². The number of likely N-dealkylation sites (tertiary alicyclic amines) is 1. The molecule has 104 valence electrons. The van der Waals surface area contributed by atoms with E-state index in [1.54, 1.807) is 0 Å². The SMILES string of the molecule is CN1CCCC1C1=NC(C2=CCNCC2)=C[N+]1(C)C. The largest absolute Gasteiger partial charge is 0.313 e. The van der Waals surface area contributed by atoms with E-state index in [1.807, 2.05) is 0 Å². The van der Waals surface area contributed by atoms with Crippen LogP contribution in [0.5, 0.6) is 0 Å². The van der Waals surface area contributed by atoms with Gasteiger partial charge in [0.25, 0.3) is 0 Å². The molecule has 0 aliphatic carbocycles. The van der Waals surface area contributed by atoms with Crippen molar-refractivity contribution in [3.8, 4) is 0 Å². The van der Waals surface area contributed by atoms with Crippen molar-refractivity contribution < 1.29 is 4.48 Å². The van der Waals surface area contributed by atoms with E-state index in [-0.39, 0.29) is 0 Å². The number of nitrogens with zero attached hydrogens (tertiary/aromatic N) is 3. The van der Waals surface area contributed by atoms with E-state index in [0.29, 0.717) is 6.04 Å². The van der Waals surface area contributed by atoms with E-state index in [0.717, 1.165) is 24.0 Å². The third-order valence-corrected chi connectivity index (χ3v) is 4.48. The van der Waals surface area contributed by atoms with Crippen LogP contribution >= 0.6 is 0 Å². The van der Waals surface area contributed by atoms with Crippen molar-refractivity contribution in [2.24, 2.45) is 4.99 Å². The summed E-state index contributed by atoms with van der Waals surface area (Å²) in [5, 5.41) is 3.37. The molecule has 4 heteroatoms. The Kier molecular flexibility index (Phi) is 3.33. The highest BCUT2D eigenvalue weighted by molar-refractivity contribution is 5.85. The van der Waals surface area contributed by atoms with Crippen LogP contribution in [0.4, 0.5) is 0 Å². The molecule has 1 unspecified atom stereocenters. The standard InChI is InChI=1S/C15H25N4/c1-18-10-4-5-14(18)15-17-13(11-19(15,2)3)12-6-8-16-9-7-12/h6,11,14,16H,4-5,7-10H2,1-3H3/q+1. The second-order valence-corrected chi connectivity index (χ2v) is 6.35. The van der Waals surface area contributed by atoms with Gasteiger partial charge in [0.15, 0.2) is 0 Å². The average molecular weight is 261 g/mol. The molecule has 0 bridgehead atoms. The fraction of sp³-hybridized carbons (Fsp3) is 0.667. The summed E-state index contributed by atoms with van der Waals surface area (Å²) in [6.45, 7) is 3.25. The molecule has 0 aromatic rings. The first kappa shape index (κ1) is 13.0. The Labute approximate surface area is 116 Å². The van der Waals surface area contributed by atoms with Crippen LogP contribution in [0, 0.1) is 0 Å². The third-order valence-electron chi connectivity index (χ3n) is 4.48. The zero-order valence-corrected chi connectivity index (χ0v) is 12.3. The topological polar surface area (TPSA) is 27.6 Å². The van der Waals surface area contributed by atoms with Gasteiger partial charge in [0.05, 0.1) is 14.1 Å². The molecule has 0 amide bonds. The van der Waals surface area contributed by atoms with Gasteiger partial charge in [-0.3, -0.25) is 9.38 Å². The maximum atomic E-state index is 5.01. The first-order valence-electron chi connectivity index (χ1n) is 7.34. The van der Waals surface area contributed by atoms with Crippen molar-refractivity contribution >= 4 is 5.84 Å². The lowest BCUT2D eigenvalue weighted by Crippen LogP contribution is -2.48. The Bertz CT molecular complexity index is 459. The maximum absolute atomic E-state index is 5.01. The molecule has 1 N–H and O–H groups in total. The molecule has 3 aliphatic rings. The summed E-state index contributed by atoms with van der Waals surface area (Å²) in [4.78, 5) is 7.46. The lowest BCUT2D eigenvalue weighted by atomic mass is 10.1. The van der Waals surface area contributed by atoms with E-state index >= 15 is 0 Å². The molecular formula is C15H25N4+. The van der Waals surface area contributed by atoms with Crippen LogP contribution in [-0.2, 0) is 0 Å². The second-order valence-electron chi connectivity index (χ2n) is 6.35. The molecule has 3 rings (SSSR count). The smallest absolute Gasteiger partial charge is 0.225 e. The predicted molar refractivity (Wildman–Crippen MR) is 78.8 cm³/mol. The second kappa shape index (κ2) is 4.85. The summed E-state index contributed by atoms with van der Waals surface area (Å²) in [7, 11) is 6.72. The van der Waals surface area contributed by atoms with Gasteiger partial charge in [-0.05, 0) is 45.0 Å². The summed E-state index contributed by atoms with van der Waals surface area (Å²) in [6, 6.07) is 0.520. The van der Waals surface area contributed by atoms with Gasteiger partial charge >= 0.3 is 0 Å². The number of allylic oxidation sites excluding steroid dienone is 1. The number of hydrogen-bond acceptors (Lipinski definition) is 3. The van der Waals surface area contributed by atoms with Gasteiger partial charge in [0.2, 0.25) is 5.84 Å². The number of hydrogen-bond donors (Lipinski definition) is 1. The first-order valence-corrected chi connectivity index (χ1v) is 7.34. The van der Waals surface area contributed by atoms with Gasteiger partial charge in [0, 0.05) is 6.54 Å². The minimum absolute atomic E-state index is 0.520. The minimum Gasteiger partial charge on any atom is -0.313 e. The number of quaternary nitrogens is 1. The van der Waals surface area contributed by atoms with E-state index in [4.69, 9.17) is 4.99 Å². The zero-order chi connectivity index (χ0) is 13.5. The summed E-state index contributed by atoms with van der Waals surface area (Å²) < 4.78 is 0.815. The Balaban J connectivity index is 1.87. The molecule has 4 nitrogen and oxygen atoms in total. The van der Waals surface area contributed by atoms with Crippen LogP contribution in [0.2, 0.25) is 0 Å². The summed E-state index contributed by atoms with van der Waals surface area (Å²) in [5.74, 6) is 1.31. The summed E-state index contributed by atoms with van der Waals surface area (Å²) in [5.41, 5.74) is 2.63. The fourth-order valence-electron chi connectivity index (χ4n) is 3.36. The van der Waals surface area contributed by atoms with Gasteiger partial charge in [-0.25, -0.2) is 0 Å². The van der Waals surface area contributed by atoms with Crippen molar-refractivity contribution in [3.63, 3.8) is 0 Å². The minimum atomic E-state index is 0.520. The van der Waals surface area contributed by atoms with E-state index in [2.05, 4.69) is 43.6 Å². The third kappa shape index (κ3) is 2.40. The molecule has 1 saturated heterocycles. The number of nitrogens with one attached hydrogen (secondary N) is 1. The lowest BCUT2D eigenvalue weighted by Gasteiger charge is -2.28. The van der Waals surface area contributed by atoms with Crippen molar-refractivity contribution in [2.75, 3.05) is 40.8 Å². The lowest BCUT2D eigenvalue weighted by molar-refractivity contribution is -0.742. The molecule has 0 aromatic heterocycles. The average Bonchev–Trinajstić information content (AvgIpc) is 2.93. The molecule has 0 saturated carbocycles. The molecule has 0 radical (unpaired) electrons. The molecule has 3 aliphatic heterocycles. The van der Waals surface area contributed by atoms with Gasteiger partial charge in [0.1, 0.15) is 17.9 Å². The van der Waals surface area contributed by atoms with E-state index < -0.39 is 0 Å². The van der Waals surface area contributed by atoms with Crippen LogP contribution in [0.25, 0.3) is 0 Å². The number of rotatable bonds is 2. The number of amidine groups is 1. The highest BCUT2D eigenvalue weighted by atomic mass is 15.4. The van der Waals surface area contributed by atoms with Crippen LogP contribution in [-0.4, -0.2) is 62.0 Å². The molecule has 0 spiro atoms. The Morgan fingerprint density at radius 2 is 2.26 bits per heavy atom. The van der Waals surface area contributed by atoms with Crippen LogP contribution in [0.1, 0.15) is 19.3 Å². The van der Waals surface area contributed by atoms with Crippen molar-refractivity contribution in [3.05, 3.63) is 23.5 Å². The van der Waals surface area contributed by atoms with Crippen LogP contribution < -0.4 is 5.32 Å².